The standard InChI is InChI=1S/C18H19N5OS/c24-17(21-11-13-5-3-4-8-19-13)15-12-23(10-9-20-15)18-22-14-6-1-2-7-16(14)25-18/h1-8,15,20H,9-12H2,(H,21,24)/t15-/m0/s1. The summed E-state index contributed by atoms with van der Waals surface area (Å²) in [6.45, 7) is 2.67. The van der Waals surface area contributed by atoms with Gasteiger partial charge in [-0.05, 0) is 24.3 Å². The Balaban J connectivity index is 1.41. The molecule has 1 amide bonds. The molecule has 4 rings (SSSR count). The molecule has 1 aliphatic rings. The minimum absolute atomic E-state index is 0.00327. The van der Waals surface area contributed by atoms with Gasteiger partial charge in [0, 0.05) is 25.8 Å². The zero-order chi connectivity index (χ0) is 17.1. The molecule has 1 aliphatic heterocycles. The molecule has 0 saturated carbocycles. The van der Waals surface area contributed by atoms with Crippen LogP contribution in [0.2, 0.25) is 0 Å². The number of para-hydroxylation sites is 1. The van der Waals surface area contributed by atoms with Gasteiger partial charge >= 0.3 is 0 Å². The van der Waals surface area contributed by atoms with Crippen LogP contribution in [-0.2, 0) is 11.3 Å². The maximum Gasteiger partial charge on any atom is 0.239 e. The number of pyridine rings is 1. The molecule has 7 heteroatoms. The largest absolute Gasteiger partial charge is 0.349 e. The average Bonchev–Trinajstić information content (AvgIpc) is 3.11. The van der Waals surface area contributed by atoms with E-state index in [0.717, 1.165) is 29.4 Å². The van der Waals surface area contributed by atoms with Crippen molar-refractivity contribution in [2.45, 2.75) is 12.6 Å². The maximum absolute atomic E-state index is 12.5. The molecule has 1 saturated heterocycles. The number of benzene rings is 1. The SMILES string of the molecule is O=C(NCc1ccccn1)[C@@H]1CN(c2nc3ccccc3s2)CCN1. The third-order valence-corrected chi connectivity index (χ3v) is 5.31. The van der Waals surface area contributed by atoms with Gasteiger partial charge in [-0.2, -0.15) is 0 Å². The van der Waals surface area contributed by atoms with Crippen molar-refractivity contribution in [2.75, 3.05) is 24.5 Å². The quantitative estimate of drug-likeness (QED) is 0.748. The highest BCUT2D eigenvalue weighted by Crippen LogP contribution is 2.29. The summed E-state index contributed by atoms with van der Waals surface area (Å²) in [6, 6.07) is 13.6. The van der Waals surface area contributed by atoms with Crippen molar-refractivity contribution >= 4 is 32.6 Å². The van der Waals surface area contributed by atoms with E-state index in [1.807, 2.05) is 36.4 Å². The summed E-state index contributed by atoms with van der Waals surface area (Å²) < 4.78 is 1.17. The van der Waals surface area contributed by atoms with Crippen LogP contribution in [0.5, 0.6) is 0 Å². The van der Waals surface area contributed by atoms with Crippen LogP contribution in [0.4, 0.5) is 5.13 Å². The molecule has 3 heterocycles. The van der Waals surface area contributed by atoms with Crippen LogP contribution in [0, 0.1) is 0 Å². The number of carbonyl (C=O) groups is 1. The summed E-state index contributed by atoms with van der Waals surface area (Å²) in [5.41, 5.74) is 1.87. The number of carbonyl (C=O) groups excluding carboxylic acids is 1. The van der Waals surface area contributed by atoms with E-state index in [1.54, 1.807) is 17.5 Å². The predicted molar refractivity (Wildman–Crippen MR) is 99.7 cm³/mol. The van der Waals surface area contributed by atoms with Crippen LogP contribution in [0.1, 0.15) is 5.69 Å². The van der Waals surface area contributed by atoms with E-state index in [9.17, 15) is 4.79 Å². The van der Waals surface area contributed by atoms with Gasteiger partial charge in [-0.3, -0.25) is 9.78 Å². The van der Waals surface area contributed by atoms with Crippen LogP contribution >= 0.6 is 11.3 Å². The van der Waals surface area contributed by atoms with E-state index >= 15 is 0 Å². The number of aromatic nitrogens is 2. The van der Waals surface area contributed by atoms with Gasteiger partial charge in [0.25, 0.3) is 0 Å². The first kappa shape index (κ1) is 16.0. The zero-order valence-corrected chi connectivity index (χ0v) is 14.5. The fourth-order valence-electron chi connectivity index (χ4n) is 2.90. The number of anilines is 1. The highest BCUT2D eigenvalue weighted by Gasteiger charge is 2.26. The Hall–Kier alpha value is -2.51. The Kier molecular flexibility index (Phi) is 4.58. The van der Waals surface area contributed by atoms with Crippen molar-refractivity contribution in [3.63, 3.8) is 0 Å². The zero-order valence-electron chi connectivity index (χ0n) is 13.7. The number of nitrogens with zero attached hydrogens (tertiary/aromatic N) is 3. The van der Waals surface area contributed by atoms with Crippen LogP contribution in [0.25, 0.3) is 10.2 Å². The lowest BCUT2D eigenvalue weighted by Gasteiger charge is -2.32. The van der Waals surface area contributed by atoms with E-state index in [4.69, 9.17) is 4.98 Å². The van der Waals surface area contributed by atoms with E-state index < -0.39 is 0 Å². The maximum atomic E-state index is 12.5. The monoisotopic (exact) mass is 353 g/mol. The molecular weight excluding hydrogens is 334 g/mol. The summed E-state index contributed by atoms with van der Waals surface area (Å²) in [5, 5.41) is 7.23. The molecule has 0 unspecified atom stereocenters. The fourth-order valence-corrected chi connectivity index (χ4v) is 3.90. The van der Waals surface area contributed by atoms with Gasteiger partial charge in [0.15, 0.2) is 5.13 Å². The van der Waals surface area contributed by atoms with Gasteiger partial charge in [0.2, 0.25) is 5.91 Å². The molecule has 0 bridgehead atoms. The summed E-state index contributed by atoms with van der Waals surface area (Å²) >= 11 is 1.67. The van der Waals surface area contributed by atoms with Gasteiger partial charge < -0.3 is 15.5 Å². The Labute approximate surface area is 149 Å². The summed E-state index contributed by atoms with van der Waals surface area (Å²) in [6.07, 6.45) is 1.73. The molecule has 0 radical (unpaired) electrons. The van der Waals surface area contributed by atoms with Gasteiger partial charge in [0.1, 0.15) is 6.04 Å². The molecule has 25 heavy (non-hydrogen) atoms. The lowest BCUT2D eigenvalue weighted by molar-refractivity contribution is -0.123. The lowest BCUT2D eigenvalue weighted by atomic mass is 10.2. The number of hydrogen-bond acceptors (Lipinski definition) is 6. The molecule has 2 N–H and O–H groups in total. The number of nitrogens with one attached hydrogen (secondary N) is 2. The van der Waals surface area contributed by atoms with E-state index in [-0.39, 0.29) is 11.9 Å². The number of thiazole rings is 1. The third kappa shape index (κ3) is 3.62. The molecule has 6 nitrogen and oxygen atoms in total. The highest BCUT2D eigenvalue weighted by atomic mass is 32.1. The first-order chi connectivity index (χ1) is 12.3. The Bertz CT molecular complexity index is 833. The van der Waals surface area contributed by atoms with Crippen LogP contribution < -0.4 is 15.5 Å². The smallest absolute Gasteiger partial charge is 0.239 e. The van der Waals surface area contributed by atoms with E-state index in [2.05, 4.69) is 26.6 Å². The second kappa shape index (κ2) is 7.16. The lowest BCUT2D eigenvalue weighted by Crippen LogP contribution is -2.57. The predicted octanol–water partition coefficient (Wildman–Crippen LogP) is 1.79. The summed E-state index contributed by atoms with van der Waals surface area (Å²) in [7, 11) is 0. The molecule has 1 atom stereocenters. The van der Waals surface area contributed by atoms with Crippen molar-refractivity contribution < 1.29 is 4.79 Å². The minimum Gasteiger partial charge on any atom is -0.349 e. The van der Waals surface area contributed by atoms with Gasteiger partial charge in [-0.15, -0.1) is 0 Å². The van der Waals surface area contributed by atoms with Crippen molar-refractivity contribution in [1.82, 2.24) is 20.6 Å². The number of piperazine rings is 1. The van der Waals surface area contributed by atoms with Crippen LogP contribution in [-0.4, -0.2) is 41.6 Å². The van der Waals surface area contributed by atoms with Gasteiger partial charge in [0.05, 0.1) is 22.5 Å². The fraction of sp³-hybridized carbons (Fsp3) is 0.278. The van der Waals surface area contributed by atoms with Gasteiger partial charge in [-0.25, -0.2) is 4.98 Å². The highest BCUT2D eigenvalue weighted by molar-refractivity contribution is 7.22. The number of rotatable bonds is 4. The number of hydrogen-bond donors (Lipinski definition) is 2. The molecule has 2 aromatic heterocycles. The second-order valence-electron chi connectivity index (χ2n) is 5.96. The minimum atomic E-state index is -0.246. The summed E-state index contributed by atoms with van der Waals surface area (Å²) in [4.78, 5) is 23.6. The van der Waals surface area contributed by atoms with Crippen molar-refractivity contribution in [3.8, 4) is 0 Å². The first-order valence-electron chi connectivity index (χ1n) is 8.31. The number of fused-ring (bicyclic) bond motifs is 1. The number of amides is 1. The molecule has 0 aliphatic carbocycles. The van der Waals surface area contributed by atoms with Crippen LogP contribution in [0.15, 0.2) is 48.7 Å². The molecule has 1 fully saturated rings. The topological polar surface area (TPSA) is 70.2 Å². The Morgan fingerprint density at radius 3 is 3.00 bits per heavy atom. The third-order valence-electron chi connectivity index (χ3n) is 4.21. The van der Waals surface area contributed by atoms with Crippen molar-refractivity contribution in [3.05, 3.63) is 54.4 Å². The Morgan fingerprint density at radius 2 is 2.16 bits per heavy atom. The van der Waals surface area contributed by atoms with E-state index in [0.29, 0.717) is 13.1 Å². The molecule has 3 aromatic rings. The summed E-state index contributed by atoms with van der Waals surface area (Å²) in [5.74, 6) is -0.00327. The van der Waals surface area contributed by atoms with Crippen molar-refractivity contribution in [1.29, 1.82) is 0 Å². The average molecular weight is 353 g/mol. The van der Waals surface area contributed by atoms with E-state index in [1.165, 1.54) is 4.70 Å². The molecule has 0 spiro atoms. The van der Waals surface area contributed by atoms with Crippen LogP contribution in [0.3, 0.4) is 0 Å². The second-order valence-corrected chi connectivity index (χ2v) is 6.96. The first-order valence-corrected chi connectivity index (χ1v) is 9.13. The molecule has 1 aromatic carbocycles. The van der Waals surface area contributed by atoms with Crippen molar-refractivity contribution in [2.24, 2.45) is 0 Å². The molecule has 128 valence electrons. The van der Waals surface area contributed by atoms with Gasteiger partial charge in [-0.1, -0.05) is 29.5 Å². The Morgan fingerprint density at radius 1 is 1.28 bits per heavy atom. The molecular formula is C18H19N5OS. The normalized spacial score (nSPS) is 17.6.